The van der Waals surface area contributed by atoms with Gasteiger partial charge < -0.3 is 14.6 Å². The van der Waals surface area contributed by atoms with E-state index in [1.807, 2.05) is 19.1 Å². The van der Waals surface area contributed by atoms with Crippen LogP contribution in [0.2, 0.25) is 5.02 Å². The Morgan fingerprint density at radius 1 is 1.06 bits per heavy atom. The average molecular weight is 497 g/mol. The zero-order valence-electron chi connectivity index (χ0n) is 18.4. The minimum atomic E-state index is -4.19. The maximum Gasteiger partial charge on any atom is 0.244 e. The molecule has 0 bridgehead atoms. The number of carbonyl (C=O) groups is 1. The molecule has 4 rings (SSSR count). The van der Waals surface area contributed by atoms with Gasteiger partial charge in [0.15, 0.2) is 0 Å². The first-order valence-electron chi connectivity index (χ1n) is 10.3. The molecule has 9 heteroatoms. The second kappa shape index (κ2) is 9.32. The summed E-state index contributed by atoms with van der Waals surface area (Å²) in [6.45, 7) is 1.66. The molecular formula is C25H21ClN2O5S. The SMILES string of the molecule is COc1ccc2c(c1)c(=O)c(S(=O)(=O)c1ccc(Cl)cc1)cn2CC(=O)Nc1ccccc1C. The zero-order valence-corrected chi connectivity index (χ0v) is 20.0. The van der Waals surface area contributed by atoms with Crippen LogP contribution in [0.5, 0.6) is 5.75 Å². The molecule has 7 nitrogen and oxygen atoms in total. The molecule has 1 amide bonds. The van der Waals surface area contributed by atoms with Gasteiger partial charge in [0.2, 0.25) is 21.2 Å². The van der Waals surface area contributed by atoms with Crippen molar-refractivity contribution in [2.24, 2.45) is 0 Å². The molecule has 0 unspecified atom stereocenters. The molecule has 1 heterocycles. The number of rotatable bonds is 6. The van der Waals surface area contributed by atoms with Crippen molar-refractivity contribution in [2.45, 2.75) is 23.3 Å². The lowest BCUT2D eigenvalue weighted by Gasteiger charge is -2.15. The fourth-order valence-electron chi connectivity index (χ4n) is 3.60. The number of benzene rings is 3. The number of nitrogens with zero attached hydrogens (tertiary/aromatic N) is 1. The van der Waals surface area contributed by atoms with E-state index in [2.05, 4.69) is 5.32 Å². The number of aryl methyl sites for hydroxylation is 1. The first-order valence-corrected chi connectivity index (χ1v) is 12.1. The van der Waals surface area contributed by atoms with Crippen LogP contribution in [0.15, 0.2) is 87.5 Å². The highest BCUT2D eigenvalue weighted by Crippen LogP contribution is 2.25. The Morgan fingerprint density at radius 2 is 1.76 bits per heavy atom. The summed E-state index contributed by atoms with van der Waals surface area (Å²) < 4.78 is 33.4. The summed E-state index contributed by atoms with van der Waals surface area (Å²) in [5.41, 5.74) is 1.25. The van der Waals surface area contributed by atoms with Crippen molar-refractivity contribution in [2.75, 3.05) is 12.4 Å². The number of ether oxygens (including phenoxy) is 1. The van der Waals surface area contributed by atoms with Gasteiger partial charge in [-0.1, -0.05) is 29.8 Å². The van der Waals surface area contributed by atoms with Crippen LogP contribution in [0.1, 0.15) is 5.56 Å². The normalized spacial score (nSPS) is 11.4. The van der Waals surface area contributed by atoms with Crippen LogP contribution in [0.3, 0.4) is 0 Å². The van der Waals surface area contributed by atoms with E-state index >= 15 is 0 Å². The lowest BCUT2D eigenvalue weighted by atomic mass is 10.2. The van der Waals surface area contributed by atoms with Gasteiger partial charge in [-0.3, -0.25) is 9.59 Å². The van der Waals surface area contributed by atoms with Gasteiger partial charge in [-0.15, -0.1) is 0 Å². The van der Waals surface area contributed by atoms with Gasteiger partial charge in [0, 0.05) is 16.9 Å². The first kappa shape index (κ1) is 23.5. The Morgan fingerprint density at radius 3 is 2.44 bits per heavy atom. The molecule has 0 aliphatic carbocycles. The fourth-order valence-corrected chi connectivity index (χ4v) is 5.09. The molecule has 0 saturated heterocycles. The monoisotopic (exact) mass is 496 g/mol. The molecule has 0 spiro atoms. The number of amides is 1. The number of fused-ring (bicyclic) bond motifs is 1. The number of carbonyl (C=O) groups excluding carboxylic acids is 1. The number of nitrogens with one attached hydrogen (secondary N) is 1. The summed E-state index contributed by atoms with van der Waals surface area (Å²) in [7, 11) is -2.74. The topological polar surface area (TPSA) is 94.5 Å². The largest absolute Gasteiger partial charge is 0.497 e. The van der Waals surface area contributed by atoms with Gasteiger partial charge in [-0.05, 0) is 61.0 Å². The molecule has 174 valence electrons. The molecule has 1 aromatic heterocycles. The van der Waals surface area contributed by atoms with E-state index in [0.29, 0.717) is 22.0 Å². The lowest BCUT2D eigenvalue weighted by Crippen LogP contribution is -2.24. The quantitative estimate of drug-likeness (QED) is 0.426. The van der Waals surface area contributed by atoms with E-state index in [4.69, 9.17) is 16.3 Å². The van der Waals surface area contributed by atoms with Crippen LogP contribution in [0.25, 0.3) is 10.9 Å². The Hall–Kier alpha value is -3.62. The van der Waals surface area contributed by atoms with Crippen LogP contribution in [0.4, 0.5) is 5.69 Å². The van der Waals surface area contributed by atoms with Crippen LogP contribution in [-0.2, 0) is 21.2 Å². The minimum absolute atomic E-state index is 0.0767. The molecule has 34 heavy (non-hydrogen) atoms. The molecule has 0 atom stereocenters. The molecule has 4 aromatic rings. The van der Waals surface area contributed by atoms with E-state index in [9.17, 15) is 18.0 Å². The number of hydrogen-bond donors (Lipinski definition) is 1. The third-order valence-corrected chi connectivity index (χ3v) is 7.42. The number of anilines is 1. The van der Waals surface area contributed by atoms with Gasteiger partial charge in [0.05, 0.1) is 22.9 Å². The summed E-state index contributed by atoms with van der Waals surface area (Å²) >= 11 is 5.89. The molecule has 0 aliphatic rings. The van der Waals surface area contributed by atoms with E-state index in [1.165, 1.54) is 48.2 Å². The highest BCUT2D eigenvalue weighted by atomic mass is 35.5. The summed E-state index contributed by atoms with van der Waals surface area (Å²) in [6, 6.07) is 17.6. The van der Waals surface area contributed by atoms with E-state index in [-0.39, 0.29) is 22.7 Å². The zero-order chi connectivity index (χ0) is 24.5. The highest BCUT2D eigenvalue weighted by molar-refractivity contribution is 7.91. The lowest BCUT2D eigenvalue weighted by molar-refractivity contribution is -0.116. The number of para-hydroxylation sites is 1. The van der Waals surface area contributed by atoms with Crippen LogP contribution >= 0.6 is 11.6 Å². The van der Waals surface area contributed by atoms with Crippen LogP contribution in [-0.4, -0.2) is 26.0 Å². The Labute approximate surface area is 201 Å². The molecule has 0 saturated carbocycles. The summed E-state index contributed by atoms with van der Waals surface area (Å²) in [4.78, 5) is 25.6. The second-order valence-corrected chi connectivity index (χ2v) is 10.0. The Balaban J connectivity index is 1.85. The van der Waals surface area contributed by atoms with Crippen molar-refractivity contribution in [1.82, 2.24) is 4.57 Å². The van der Waals surface area contributed by atoms with Crippen molar-refractivity contribution in [3.8, 4) is 5.75 Å². The summed E-state index contributed by atoms with van der Waals surface area (Å²) in [5.74, 6) is 0.0199. The number of pyridine rings is 1. The highest BCUT2D eigenvalue weighted by Gasteiger charge is 2.24. The van der Waals surface area contributed by atoms with Crippen molar-refractivity contribution in [3.05, 3.63) is 93.7 Å². The average Bonchev–Trinajstić information content (AvgIpc) is 2.82. The first-order chi connectivity index (χ1) is 16.2. The smallest absolute Gasteiger partial charge is 0.244 e. The maximum atomic E-state index is 13.3. The Kier molecular flexibility index (Phi) is 6.45. The summed E-state index contributed by atoms with van der Waals surface area (Å²) in [5, 5.41) is 3.32. The molecular weight excluding hydrogens is 476 g/mol. The molecule has 0 aliphatic heterocycles. The minimum Gasteiger partial charge on any atom is -0.497 e. The Bertz CT molecular complexity index is 1560. The second-order valence-electron chi connectivity index (χ2n) is 7.65. The standard InChI is InChI=1S/C25H21ClN2O5S/c1-16-5-3-4-6-21(16)27-24(29)15-28-14-23(34(31,32)19-10-7-17(26)8-11-19)25(30)20-13-18(33-2)9-12-22(20)28/h3-14H,15H2,1-2H3,(H,27,29). The van der Waals surface area contributed by atoms with Gasteiger partial charge in [-0.25, -0.2) is 8.42 Å². The van der Waals surface area contributed by atoms with E-state index < -0.39 is 20.2 Å². The number of aromatic nitrogens is 1. The molecule has 1 N–H and O–H groups in total. The molecule has 3 aromatic carbocycles. The summed E-state index contributed by atoms with van der Waals surface area (Å²) in [6.07, 6.45) is 1.21. The van der Waals surface area contributed by atoms with Crippen LogP contribution < -0.4 is 15.5 Å². The number of methoxy groups -OCH3 is 1. The van der Waals surface area contributed by atoms with Crippen molar-refractivity contribution < 1.29 is 17.9 Å². The van der Waals surface area contributed by atoms with Gasteiger partial charge in [0.25, 0.3) is 0 Å². The number of hydrogen-bond acceptors (Lipinski definition) is 5. The van der Waals surface area contributed by atoms with Crippen molar-refractivity contribution >= 4 is 43.9 Å². The van der Waals surface area contributed by atoms with Gasteiger partial charge in [-0.2, -0.15) is 0 Å². The molecule has 0 radical (unpaired) electrons. The van der Waals surface area contributed by atoms with E-state index in [0.717, 1.165) is 5.56 Å². The third kappa shape index (κ3) is 4.55. The maximum absolute atomic E-state index is 13.3. The van der Waals surface area contributed by atoms with Gasteiger partial charge >= 0.3 is 0 Å². The van der Waals surface area contributed by atoms with Crippen molar-refractivity contribution in [3.63, 3.8) is 0 Å². The van der Waals surface area contributed by atoms with E-state index in [1.54, 1.807) is 24.3 Å². The predicted molar refractivity (Wildman–Crippen MR) is 131 cm³/mol. The fraction of sp³-hybridized carbons (Fsp3) is 0.120. The van der Waals surface area contributed by atoms with Gasteiger partial charge in [0.1, 0.15) is 17.2 Å². The predicted octanol–water partition coefficient (Wildman–Crippen LogP) is 4.44. The van der Waals surface area contributed by atoms with Crippen molar-refractivity contribution in [1.29, 1.82) is 0 Å². The van der Waals surface area contributed by atoms with Crippen LogP contribution in [0, 0.1) is 6.92 Å². The number of halogens is 1. The number of sulfone groups is 1. The third-order valence-electron chi connectivity index (χ3n) is 5.40. The molecule has 0 fully saturated rings.